The number of ether oxygens (including phenoxy) is 3. The number of nitrogens with one attached hydrogen (secondary N) is 1. The Morgan fingerprint density at radius 1 is 1.11 bits per heavy atom. The minimum absolute atomic E-state index is 0.112. The van der Waals surface area contributed by atoms with Crippen LogP contribution < -0.4 is 19.6 Å². The normalized spacial score (nSPS) is 10.5. The molecule has 0 aromatic heterocycles. The SMILES string of the molecule is C=CCOc1ccc(/C=N/NC(=O)COc2cc(C)ccc2C)cc1OC. The molecule has 27 heavy (non-hydrogen) atoms. The number of carbonyl (C=O) groups is 1. The van der Waals surface area contributed by atoms with E-state index in [0.29, 0.717) is 23.9 Å². The third-order valence-corrected chi connectivity index (χ3v) is 3.65. The molecule has 0 atom stereocenters. The van der Waals surface area contributed by atoms with Crippen molar-refractivity contribution in [2.75, 3.05) is 20.3 Å². The molecule has 0 unspecified atom stereocenters. The van der Waals surface area contributed by atoms with Gasteiger partial charge < -0.3 is 14.2 Å². The van der Waals surface area contributed by atoms with Crippen molar-refractivity contribution >= 4 is 12.1 Å². The summed E-state index contributed by atoms with van der Waals surface area (Å²) < 4.78 is 16.3. The summed E-state index contributed by atoms with van der Waals surface area (Å²) >= 11 is 0. The van der Waals surface area contributed by atoms with Crippen LogP contribution in [-0.4, -0.2) is 32.4 Å². The predicted octanol–water partition coefficient (Wildman–Crippen LogP) is 3.41. The average molecular weight is 368 g/mol. The molecule has 0 aliphatic heterocycles. The minimum Gasteiger partial charge on any atom is -0.493 e. The molecule has 0 heterocycles. The molecule has 2 aromatic carbocycles. The van der Waals surface area contributed by atoms with Gasteiger partial charge in [-0.3, -0.25) is 4.79 Å². The number of aryl methyl sites for hydroxylation is 2. The van der Waals surface area contributed by atoms with Crippen molar-refractivity contribution in [2.24, 2.45) is 5.10 Å². The fraction of sp³-hybridized carbons (Fsp3) is 0.238. The zero-order valence-electron chi connectivity index (χ0n) is 15.8. The highest BCUT2D eigenvalue weighted by Crippen LogP contribution is 2.27. The molecule has 0 saturated carbocycles. The van der Waals surface area contributed by atoms with Gasteiger partial charge in [0.05, 0.1) is 13.3 Å². The highest BCUT2D eigenvalue weighted by molar-refractivity contribution is 5.83. The smallest absolute Gasteiger partial charge is 0.277 e. The van der Waals surface area contributed by atoms with Gasteiger partial charge in [0.15, 0.2) is 18.1 Å². The van der Waals surface area contributed by atoms with Crippen molar-refractivity contribution in [1.82, 2.24) is 5.43 Å². The molecule has 6 nitrogen and oxygen atoms in total. The molecule has 0 radical (unpaired) electrons. The number of amides is 1. The Morgan fingerprint density at radius 3 is 2.67 bits per heavy atom. The van der Waals surface area contributed by atoms with Crippen LogP contribution >= 0.6 is 0 Å². The maximum Gasteiger partial charge on any atom is 0.277 e. The first-order chi connectivity index (χ1) is 13.0. The van der Waals surface area contributed by atoms with E-state index in [2.05, 4.69) is 17.1 Å². The molecule has 142 valence electrons. The summed E-state index contributed by atoms with van der Waals surface area (Å²) in [6.45, 7) is 7.79. The number of carbonyl (C=O) groups excluding carboxylic acids is 1. The summed E-state index contributed by atoms with van der Waals surface area (Å²) in [5.41, 5.74) is 5.25. The molecular weight excluding hydrogens is 344 g/mol. The summed E-state index contributed by atoms with van der Waals surface area (Å²) in [4.78, 5) is 11.9. The van der Waals surface area contributed by atoms with Crippen LogP contribution in [0.1, 0.15) is 16.7 Å². The van der Waals surface area contributed by atoms with Gasteiger partial charge in [-0.05, 0) is 54.8 Å². The molecular formula is C21H24N2O4. The zero-order chi connectivity index (χ0) is 19.6. The van der Waals surface area contributed by atoms with Crippen molar-refractivity contribution in [3.05, 3.63) is 65.7 Å². The summed E-state index contributed by atoms with van der Waals surface area (Å²) in [7, 11) is 1.56. The van der Waals surface area contributed by atoms with Gasteiger partial charge in [-0.15, -0.1) is 0 Å². The molecule has 2 aromatic rings. The van der Waals surface area contributed by atoms with E-state index in [-0.39, 0.29) is 12.5 Å². The lowest BCUT2D eigenvalue weighted by Crippen LogP contribution is -2.24. The topological polar surface area (TPSA) is 69.2 Å². The van der Waals surface area contributed by atoms with E-state index in [1.807, 2.05) is 38.1 Å². The Morgan fingerprint density at radius 2 is 1.93 bits per heavy atom. The van der Waals surface area contributed by atoms with E-state index >= 15 is 0 Å². The van der Waals surface area contributed by atoms with Crippen LogP contribution in [0.2, 0.25) is 0 Å². The lowest BCUT2D eigenvalue weighted by atomic mass is 10.1. The molecule has 0 fully saturated rings. The lowest BCUT2D eigenvalue weighted by Gasteiger charge is -2.10. The van der Waals surface area contributed by atoms with Gasteiger partial charge in [0.25, 0.3) is 5.91 Å². The van der Waals surface area contributed by atoms with Crippen molar-refractivity contribution in [3.63, 3.8) is 0 Å². The van der Waals surface area contributed by atoms with Gasteiger partial charge in [-0.1, -0.05) is 24.8 Å². The number of hydrogen-bond donors (Lipinski definition) is 1. The van der Waals surface area contributed by atoms with Gasteiger partial charge >= 0.3 is 0 Å². The Balaban J connectivity index is 1.89. The molecule has 2 rings (SSSR count). The summed E-state index contributed by atoms with van der Waals surface area (Å²) in [5.74, 6) is 1.53. The summed E-state index contributed by atoms with van der Waals surface area (Å²) in [6.07, 6.45) is 3.18. The minimum atomic E-state index is -0.343. The van der Waals surface area contributed by atoms with E-state index in [9.17, 15) is 4.79 Å². The second-order valence-electron chi connectivity index (χ2n) is 5.86. The molecule has 1 amide bonds. The van der Waals surface area contributed by atoms with Crippen LogP contribution in [-0.2, 0) is 4.79 Å². The number of benzene rings is 2. The van der Waals surface area contributed by atoms with Crippen LogP contribution in [0.15, 0.2) is 54.2 Å². The second kappa shape index (κ2) is 10.0. The highest BCUT2D eigenvalue weighted by Gasteiger charge is 2.06. The molecule has 0 aliphatic carbocycles. The van der Waals surface area contributed by atoms with Gasteiger partial charge in [-0.2, -0.15) is 5.10 Å². The number of methoxy groups -OCH3 is 1. The third-order valence-electron chi connectivity index (χ3n) is 3.65. The van der Waals surface area contributed by atoms with Crippen LogP contribution in [0.25, 0.3) is 0 Å². The number of rotatable bonds is 9. The standard InChI is InChI=1S/C21H24N2O4/c1-5-10-26-18-9-8-17(12-20(18)25-4)13-22-23-21(24)14-27-19-11-15(2)6-7-16(19)3/h5-9,11-13H,1,10,14H2,2-4H3,(H,23,24)/b22-13+. The maximum absolute atomic E-state index is 11.9. The maximum atomic E-state index is 11.9. The van der Waals surface area contributed by atoms with Gasteiger partial charge in [-0.25, -0.2) is 5.43 Å². The van der Waals surface area contributed by atoms with Crippen molar-refractivity contribution in [2.45, 2.75) is 13.8 Å². The van der Waals surface area contributed by atoms with E-state index in [1.165, 1.54) is 6.21 Å². The third kappa shape index (κ3) is 6.18. The van der Waals surface area contributed by atoms with E-state index in [0.717, 1.165) is 16.7 Å². The van der Waals surface area contributed by atoms with Crippen LogP contribution in [0.4, 0.5) is 0 Å². The Hall–Kier alpha value is -3.28. The van der Waals surface area contributed by atoms with E-state index < -0.39 is 0 Å². The van der Waals surface area contributed by atoms with E-state index in [1.54, 1.807) is 25.3 Å². The summed E-state index contributed by atoms with van der Waals surface area (Å²) in [6, 6.07) is 11.2. The first kappa shape index (κ1) is 20.0. The molecule has 0 bridgehead atoms. The van der Waals surface area contributed by atoms with Gasteiger partial charge in [0.2, 0.25) is 0 Å². The van der Waals surface area contributed by atoms with Crippen LogP contribution in [0.5, 0.6) is 17.2 Å². The Labute approximate surface area is 159 Å². The Bertz CT molecular complexity index is 831. The molecule has 0 aliphatic rings. The quantitative estimate of drug-likeness (QED) is 0.418. The zero-order valence-corrected chi connectivity index (χ0v) is 15.8. The molecule has 0 saturated heterocycles. The fourth-order valence-corrected chi connectivity index (χ4v) is 2.25. The van der Waals surface area contributed by atoms with Crippen molar-refractivity contribution in [1.29, 1.82) is 0 Å². The first-order valence-corrected chi connectivity index (χ1v) is 8.47. The van der Waals surface area contributed by atoms with Gasteiger partial charge in [0, 0.05) is 0 Å². The number of hydrazone groups is 1. The van der Waals surface area contributed by atoms with Crippen molar-refractivity contribution in [3.8, 4) is 17.2 Å². The average Bonchev–Trinajstić information content (AvgIpc) is 2.67. The first-order valence-electron chi connectivity index (χ1n) is 8.47. The largest absolute Gasteiger partial charge is 0.493 e. The van der Waals surface area contributed by atoms with Crippen LogP contribution in [0, 0.1) is 13.8 Å². The number of hydrogen-bond acceptors (Lipinski definition) is 5. The molecule has 0 spiro atoms. The lowest BCUT2D eigenvalue weighted by molar-refractivity contribution is -0.123. The Kier molecular flexibility index (Phi) is 7.43. The fourth-order valence-electron chi connectivity index (χ4n) is 2.25. The monoisotopic (exact) mass is 368 g/mol. The highest BCUT2D eigenvalue weighted by atomic mass is 16.5. The van der Waals surface area contributed by atoms with Gasteiger partial charge in [0.1, 0.15) is 12.4 Å². The molecule has 6 heteroatoms. The predicted molar refractivity (Wildman–Crippen MR) is 106 cm³/mol. The number of nitrogens with zero attached hydrogens (tertiary/aromatic N) is 1. The molecule has 1 N–H and O–H groups in total. The summed E-state index contributed by atoms with van der Waals surface area (Å²) in [5, 5.41) is 3.94. The van der Waals surface area contributed by atoms with Crippen molar-refractivity contribution < 1.29 is 19.0 Å². The second-order valence-corrected chi connectivity index (χ2v) is 5.86. The van der Waals surface area contributed by atoms with E-state index in [4.69, 9.17) is 14.2 Å². The van der Waals surface area contributed by atoms with Crippen LogP contribution in [0.3, 0.4) is 0 Å².